The average Bonchev–Trinajstić information content (AvgIpc) is 2.51. The fraction of sp³-hybridized carbons (Fsp3) is 0.706. The predicted octanol–water partition coefficient (Wildman–Crippen LogP) is 3.15. The molecule has 7 heteroatoms. The van der Waals surface area contributed by atoms with Crippen LogP contribution in [-0.4, -0.2) is 48.8 Å². The lowest BCUT2D eigenvalue weighted by Crippen LogP contribution is -2.44. The van der Waals surface area contributed by atoms with Gasteiger partial charge in [-0.2, -0.15) is 13.2 Å². The van der Waals surface area contributed by atoms with E-state index in [-0.39, 0.29) is 6.04 Å². The molecule has 2 rings (SSSR count). The molecule has 1 unspecified atom stereocenters. The molecule has 4 nitrogen and oxygen atoms in total. The molecular formula is C17H26F3N3O. The van der Waals surface area contributed by atoms with Crippen LogP contribution in [0.3, 0.4) is 0 Å². The summed E-state index contributed by atoms with van der Waals surface area (Å²) in [6, 6.07) is 4.02. The zero-order valence-electron chi connectivity index (χ0n) is 14.5. The zero-order chi connectivity index (χ0) is 17.7. The molecule has 1 aromatic heterocycles. The molecule has 24 heavy (non-hydrogen) atoms. The van der Waals surface area contributed by atoms with Crippen molar-refractivity contribution in [3.8, 4) is 5.75 Å². The topological polar surface area (TPSA) is 37.4 Å². The largest absolute Gasteiger partial charge is 0.497 e. The van der Waals surface area contributed by atoms with Crippen LogP contribution in [-0.2, 0) is 6.54 Å². The number of alkyl halides is 3. The van der Waals surface area contributed by atoms with Gasteiger partial charge in [-0.3, -0.25) is 9.88 Å². The van der Waals surface area contributed by atoms with Gasteiger partial charge >= 0.3 is 6.18 Å². The zero-order valence-corrected chi connectivity index (χ0v) is 14.5. The van der Waals surface area contributed by atoms with Gasteiger partial charge < -0.3 is 10.1 Å². The number of methoxy groups -OCH3 is 1. The van der Waals surface area contributed by atoms with Crippen LogP contribution in [0.4, 0.5) is 13.2 Å². The fourth-order valence-corrected chi connectivity index (χ4v) is 3.21. The lowest BCUT2D eigenvalue weighted by Gasteiger charge is -2.35. The second-order valence-corrected chi connectivity index (χ2v) is 6.54. The van der Waals surface area contributed by atoms with Gasteiger partial charge in [0, 0.05) is 30.4 Å². The Morgan fingerprint density at radius 3 is 2.58 bits per heavy atom. The molecule has 1 N–H and O–H groups in total. The molecule has 1 atom stereocenters. The SMILES string of the molecule is COc1cc(C)nc(CNC(C)C2CCN(CC(F)(F)F)CC2)c1. The van der Waals surface area contributed by atoms with Gasteiger partial charge in [0.25, 0.3) is 0 Å². The summed E-state index contributed by atoms with van der Waals surface area (Å²) in [6.07, 6.45) is -2.53. The van der Waals surface area contributed by atoms with Gasteiger partial charge in [-0.1, -0.05) is 0 Å². The monoisotopic (exact) mass is 345 g/mol. The molecule has 0 radical (unpaired) electrons. The van der Waals surface area contributed by atoms with E-state index in [1.165, 1.54) is 4.90 Å². The Labute approximate surface area is 141 Å². The number of halogens is 3. The summed E-state index contributed by atoms with van der Waals surface area (Å²) in [5.74, 6) is 1.17. The first-order valence-corrected chi connectivity index (χ1v) is 8.31. The lowest BCUT2D eigenvalue weighted by molar-refractivity contribution is -0.148. The highest BCUT2D eigenvalue weighted by atomic mass is 19.4. The van der Waals surface area contributed by atoms with Gasteiger partial charge in [0.15, 0.2) is 0 Å². The van der Waals surface area contributed by atoms with E-state index < -0.39 is 12.7 Å². The van der Waals surface area contributed by atoms with E-state index in [1.807, 2.05) is 19.1 Å². The first kappa shape index (κ1) is 19.0. The number of aromatic nitrogens is 1. The molecule has 0 spiro atoms. The van der Waals surface area contributed by atoms with E-state index in [0.717, 1.165) is 30.0 Å². The van der Waals surface area contributed by atoms with Crippen molar-refractivity contribution in [3.05, 3.63) is 23.5 Å². The molecule has 0 bridgehead atoms. The maximum Gasteiger partial charge on any atom is 0.401 e. The highest BCUT2D eigenvalue weighted by molar-refractivity contribution is 5.26. The number of hydrogen-bond acceptors (Lipinski definition) is 4. The third-order valence-corrected chi connectivity index (χ3v) is 4.56. The van der Waals surface area contributed by atoms with Crippen LogP contribution < -0.4 is 10.1 Å². The molecule has 0 saturated carbocycles. The minimum absolute atomic E-state index is 0.242. The first-order valence-electron chi connectivity index (χ1n) is 8.31. The smallest absolute Gasteiger partial charge is 0.401 e. The number of likely N-dealkylation sites (tertiary alicyclic amines) is 1. The second kappa shape index (κ2) is 8.16. The highest BCUT2D eigenvalue weighted by Gasteiger charge is 2.33. The molecular weight excluding hydrogens is 319 g/mol. The molecule has 136 valence electrons. The van der Waals surface area contributed by atoms with Gasteiger partial charge in [-0.25, -0.2) is 0 Å². The maximum atomic E-state index is 12.4. The molecule has 1 aromatic rings. The van der Waals surface area contributed by atoms with E-state index in [0.29, 0.717) is 25.6 Å². The summed E-state index contributed by atoms with van der Waals surface area (Å²) in [6.45, 7) is 4.86. The van der Waals surface area contributed by atoms with Gasteiger partial charge in [-0.05, 0) is 45.7 Å². The summed E-state index contributed by atoms with van der Waals surface area (Å²) in [5.41, 5.74) is 1.81. The molecule has 1 saturated heterocycles. The average molecular weight is 345 g/mol. The second-order valence-electron chi connectivity index (χ2n) is 6.54. The van der Waals surface area contributed by atoms with Crippen LogP contribution in [0.2, 0.25) is 0 Å². The van der Waals surface area contributed by atoms with Gasteiger partial charge in [-0.15, -0.1) is 0 Å². The van der Waals surface area contributed by atoms with Crippen molar-refractivity contribution in [1.29, 1.82) is 0 Å². The summed E-state index contributed by atoms with van der Waals surface area (Å²) in [4.78, 5) is 5.97. The Kier molecular flexibility index (Phi) is 6.46. The van der Waals surface area contributed by atoms with Crippen molar-refractivity contribution < 1.29 is 17.9 Å². The summed E-state index contributed by atoms with van der Waals surface area (Å²) < 4.78 is 42.5. The van der Waals surface area contributed by atoms with E-state index in [4.69, 9.17) is 4.74 Å². The first-order chi connectivity index (χ1) is 11.3. The van der Waals surface area contributed by atoms with E-state index in [1.54, 1.807) is 7.11 Å². The maximum absolute atomic E-state index is 12.4. The van der Waals surface area contributed by atoms with E-state index >= 15 is 0 Å². The van der Waals surface area contributed by atoms with Gasteiger partial charge in [0.2, 0.25) is 0 Å². The Morgan fingerprint density at radius 1 is 1.33 bits per heavy atom. The van der Waals surface area contributed by atoms with Crippen LogP contribution in [0.5, 0.6) is 5.75 Å². The number of hydrogen-bond donors (Lipinski definition) is 1. The number of pyridine rings is 1. The molecule has 1 aliphatic heterocycles. The predicted molar refractivity (Wildman–Crippen MR) is 87.0 cm³/mol. The Balaban J connectivity index is 1.79. The minimum Gasteiger partial charge on any atom is -0.497 e. The number of piperidine rings is 1. The standard InChI is InChI=1S/C17H26F3N3O/c1-12-8-16(24-3)9-15(22-12)10-21-13(2)14-4-6-23(7-5-14)11-17(18,19)20/h8-9,13-14,21H,4-7,10-11H2,1-3H3. The van der Waals surface area contributed by atoms with Crippen LogP contribution in [0, 0.1) is 12.8 Å². The summed E-state index contributed by atoms with van der Waals surface area (Å²) in [5, 5.41) is 3.45. The van der Waals surface area contributed by atoms with Crippen LogP contribution in [0.1, 0.15) is 31.2 Å². The number of ether oxygens (including phenoxy) is 1. The van der Waals surface area contributed by atoms with Crippen molar-refractivity contribution in [2.75, 3.05) is 26.7 Å². The quantitative estimate of drug-likeness (QED) is 0.859. The van der Waals surface area contributed by atoms with Crippen molar-refractivity contribution in [1.82, 2.24) is 15.2 Å². The van der Waals surface area contributed by atoms with Crippen molar-refractivity contribution in [2.45, 2.75) is 45.5 Å². The van der Waals surface area contributed by atoms with Gasteiger partial charge in [0.1, 0.15) is 5.75 Å². The van der Waals surface area contributed by atoms with Crippen molar-refractivity contribution in [3.63, 3.8) is 0 Å². The number of aryl methyl sites for hydroxylation is 1. The van der Waals surface area contributed by atoms with Crippen LogP contribution >= 0.6 is 0 Å². The molecule has 1 aliphatic rings. The Morgan fingerprint density at radius 2 is 2.00 bits per heavy atom. The normalized spacial score (nSPS) is 18.6. The highest BCUT2D eigenvalue weighted by Crippen LogP contribution is 2.24. The number of nitrogens with one attached hydrogen (secondary N) is 1. The molecule has 0 aliphatic carbocycles. The van der Waals surface area contributed by atoms with Crippen molar-refractivity contribution >= 4 is 0 Å². The van der Waals surface area contributed by atoms with Crippen LogP contribution in [0.15, 0.2) is 12.1 Å². The minimum atomic E-state index is -4.10. The third-order valence-electron chi connectivity index (χ3n) is 4.56. The number of nitrogens with zero attached hydrogens (tertiary/aromatic N) is 2. The molecule has 2 heterocycles. The number of rotatable bonds is 6. The van der Waals surface area contributed by atoms with Crippen LogP contribution in [0.25, 0.3) is 0 Å². The van der Waals surface area contributed by atoms with Crippen molar-refractivity contribution in [2.24, 2.45) is 5.92 Å². The Hall–Kier alpha value is -1.34. The molecule has 1 fully saturated rings. The summed E-state index contributed by atoms with van der Waals surface area (Å²) >= 11 is 0. The fourth-order valence-electron chi connectivity index (χ4n) is 3.21. The third kappa shape index (κ3) is 5.94. The van der Waals surface area contributed by atoms with E-state index in [2.05, 4.69) is 17.2 Å². The molecule has 0 amide bonds. The van der Waals surface area contributed by atoms with E-state index in [9.17, 15) is 13.2 Å². The molecule has 0 aromatic carbocycles. The Bertz CT molecular complexity index is 528. The van der Waals surface area contributed by atoms with Gasteiger partial charge in [0.05, 0.1) is 19.3 Å². The summed E-state index contributed by atoms with van der Waals surface area (Å²) in [7, 11) is 1.63. The lowest BCUT2D eigenvalue weighted by atomic mass is 9.90.